The molecule has 0 atom stereocenters. The Kier molecular flexibility index (Phi) is 5.33. The molecule has 1 aliphatic rings. The van der Waals surface area contributed by atoms with Gasteiger partial charge in [0, 0.05) is 37.6 Å². The Morgan fingerprint density at radius 2 is 1.90 bits per heavy atom. The number of hydrogen-bond donors (Lipinski definition) is 1. The molecule has 1 saturated heterocycles. The fraction of sp³-hybridized carbons (Fsp3) is 0.429. The van der Waals surface area contributed by atoms with Crippen LogP contribution in [0, 0.1) is 0 Å². The molecular formula is C21H25N5O3. The van der Waals surface area contributed by atoms with E-state index in [0.29, 0.717) is 26.2 Å². The first kappa shape index (κ1) is 19.2. The zero-order valence-electron chi connectivity index (χ0n) is 16.7. The van der Waals surface area contributed by atoms with Crippen LogP contribution in [-0.2, 0) is 11.2 Å². The van der Waals surface area contributed by atoms with Gasteiger partial charge in [0.15, 0.2) is 0 Å². The van der Waals surface area contributed by atoms with Crippen LogP contribution in [0.2, 0.25) is 0 Å². The van der Waals surface area contributed by atoms with Crippen molar-refractivity contribution in [1.82, 2.24) is 25.2 Å². The molecule has 3 heterocycles. The van der Waals surface area contributed by atoms with E-state index in [2.05, 4.69) is 15.4 Å². The van der Waals surface area contributed by atoms with Crippen molar-refractivity contribution in [3.8, 4) is 0 Å². The predicted molar refractivity (Wildman–Crippen MR) is 107 cm³/mol. The summed E-state index contributed by atoms with van der Waals surface area (Å²) < 4.78 is 5.23. The van der Waals surface area contributed by atoms with Crippen LogP contribution in [-0.4, -0.2) is 63.1 Å². The molecule has 0 spiro atoms. The Balaban J connectivity index is 1.39. The lowest BCUT2D eigenvalue weighted by atomic mass is 10.1. The van der Waals surface area contributed by atoms with Crippen LogP contribution in [0.5, 0.6) is 0 Å². The number of H-pyrrole nitrogens is 1. The fourth-order valence-corrected chi connectivity index (χ4v) is 3.60. The molecule has 3 aromatic rings. The van der Waals surface area contributed by atoms with Gasteiger partial charge in [-0.1, -0.05) is 37.2 Å². The van der Waals surface area contributed by atoms with Crippen LogP contribution in [0.1, 0.15) is 48.1 Å². The van der Waals surface area contributed by atoms with Gasteiger partial charge < -0.3 is 14.3 Å². The van der Waals surface area contributed by atoms with Crippen LogP contribution in [0.4, 0.5) is 0 Å². The lowest BCUT2D eigenvalue weighted by molar-refractivity contribution is -0.130. The molecule has 0 bridgehead atoms. The number of aromatic amines is 1. The SMILES string of the molecule is CC(C)c1cc(C(=O)N2CCCN(C(=O)Cc3[nH]nc4ccccc34)CC2)on1. The molecule has 4 rings (SSSR count). The van der Waals surface area contributed by atoms with Crippen molar-refractivity contribution in [2.45, 2.75) is 32.6 Å². The summed E-state index contributed by atoms with van der Waals surface area (Å²) in [5.74, 6) is 0.335. The number of carbonyl (C=O) groups is 2. The van der Waals surface area contributed by atoms with Crippen molar-refractivity contribution in [1.29, 1.82) is 0 Å². The monoisotopic (exact) mass is 395 g/mol. The summed E-state index contributed by atoms with van der Waals surface area (Å²) in [5, 5.41) is 12.2. The van der Waals surface area contributed by atoms with E-state index in [1.807, 2.05) is 43.0 Å². The smallest absolute Gasteiger partial charge is 0.292 e. The number of nitrogens with zero attached hydrogens (tertiary/aromatic N) is 4. The van der Waals surface area contributed by atoms with Crippen molar-refractivity contribution >= 4 is 22.7 Å². The van der Waals surface area contributed by atoms with Gasteiger partial charge in [0.2, 0.25) is 11.7 Å². The van der Waals surface area contributed by atoms with Gasteiger partial charge >= 0.3 is 0 Å². The summed E-state index contributed by atoms with van der Waals surface area (Å²) in [5.41, 5.74) is 2.45. The van der Waals surface area contributed by atoms with E-state index >= 15 is 0 Å². The number of carbonyl (C=O) groups excluding carboxylic acids is 2. The molecule has 152 valence electrons. The van der Waals surface area contributed by atoms with Gasteiger partial charge in [0.05, 0.1) is 23.3 Å². The van der Waals surface area contributed by atoms with E-state index in [4.69, 9.17) is 4.52 Å². The second-order valence-electron chi connectivity index (χ2n) is 7.69. The summed E-state index contributed by atoms with van der Waals surface area (Å²) in [7, 11) is 0. The normalized spacial score (nSPS) is 15.1. The van der Waals surface area contributed by atoms with Crippen LogP contribution in [0.3, 0.4) is 0 Å². The highest BCUT2D eigenvalue weighted by Crippen LogP contribution is 2.18. The maximum atomic E-state index is 12.8. The third-order valence-corrected chi connectivity index (χ3v) is 5.33. The molecule has 0 unspecified atom stereocenters. The Bertz CT molecular complexity index is 1020. The van der Waals surface area contributed by atoms with Gasteiger partial charge in [-0.05, 0) is 18.4 Å². The van der Waals surface area contributed by atoms with Gasteiger partial charge in [-0.2, -0.15) is 5.10 Å². The van der Waals surface area contributed by atoms with Crippen molar-refractivity contribution in [3.63, 3.8) is 0 Å². The number of hydrogen-bond acceptors (Lipinski definition) is 5. The zero-order chi connectivity index (χ0) is 20.4. The number of aromatic nitrogens is 3. The van der Waals surface area contributed by atoms with E-state index in [1.54, 1.807) is 11.0 Å². The third kappa shape index (κ3) is 4.01. The molecule has 1 aliphatic heterocycles. The number of rotatable bonds is 4. The van der Waals surface area contributed by atoms with E-state index in [-0.39, 0.29) is 29.9 Å². The van der Waals surface area contributed by atoms with E-state index in [9.17, 15) is 9.59 Å². The minimum Gasteiger partial charge on any atom is -0.351 e. The van der Waals surface area contributed by atoms with Crippen LogP contribution >= 0.6 is 0 Å². The first-order valence-corrected chi connectivity index (χ1v) is 9.98. The highest BCUT2D eigenvalue weighted by atomic mass is 16.5. The fourth-order valence-electron chi connectivity index (χ4n) is 3.60. The Labute approximate surface area is 168 Å². The predicted octanol–water partition coefficient (Wildman–Crippen LogP) is 2.59. The van der Waals surface area contributed by atoms with Gasteiger partial charge in [-0.25, -0.2) is 0 Å². The Hall–Kier alpha value is -3.16. The summed E-state index contributed by atoms with van der Waals surface area (Å²) >= 11 is 0. The molecular weight excluding hydrogens is 370 g/mol. The van der Waals surface area contributed by atoms with Gasteiger partial charge in [0.1, 0.15) is 0 Å². The second kappa shape index (κ2) is 8.06. The molecule has 8 heteroatoms. The average molecular weight is 395 g/mol. The number of para-hydroxylation sites is 1. The highest BCUT2D eigenvalue weighted by molar-refractivity contribution is 5.91. The molecule has 0 radical (unpaired) electrons. The molecule has 0 saturated carbocycles. The molecule has 2 aromatic heterocycles. The number of nitrogens with one attached hydrogen (secondary N) is 1. The summed E-state index contributed by atoms with van der Waals surface area (Å²) in [6.45, 7) is 6.21. The largest absolute Gasteiger partial charge is 0.351 e. The maximum Gasteiger partial charge on any atom is 0.292 e. The van der Waals surface area contributed by atoms with Crippen molar-refractivity contribution < 1.29 is 14.1 Å². The van der Waals surface area contributed by atoms with Crippen LogP contribution < -0.4 is 0 Å². The lowest BCUT2D eigenvalue weighted by Gasteiger charge is -2.21. The summed E-state index contributed by atoms with van der Waals surface area (Å²) in [4.78, 5) is 29.1. The van der Waals surface area contributed by atoms with Crippen LogP contribution in [0.25, 0.3) is 10.9 Å². The van der Waals surface area contributed by atoms with Crippen molar-refractivity contribution in [3.05, 3.63) is 47.5 Å². The van der Waals surface area contributed by atoms with Gasteiger partial charge in [0.25, 0.3) is 5.91 Å². The number of benzene rings is 1. The molecule has 1 aromatic carbocycles. The molecule has 1 N–H and O–H groups in total. The lowest BCUT2D eigenvalue weighted by Crippen LogP contribution is -2.38. The Morgan fingerprint density at radius 1 is 1.14 bits per heavy atom. The van der Waals surface area contributed by atoms with Gasteiger partial charge in [-0.15, -0.1) is 0 Å². The van der Waals surface area contributed by atoms with Crippen molar-refractivity contribution in [2.24, 2.45) is 0 Å². The van der Waals surface area contributed by atoms with Crippen LogP contribution in [0.15, 0.2) is 34.9 Å². The highest BCUT2D eigenvalue weighted by Gasteiger charge is 2.26. The van der Waals surface area contributed by atoms with E-state index < -0.39 is 0 Å². The molecule has 1 fully saturated rings. The third-order valence-electron chi connectivity index (χ3n) is 5.33. The summed E-state index contributed by atoms with van der Waals surface area (Å²) in [6.07, 6.45) is 1.00. The standard InChI is InChI=1S/C21H25N5O3/c1-14(2)17-12-19(29-24-17)21(28)26-9-5-8-25(10-11-26)20(27)13-18-15-6-3-4-7-16(15)22-23-18/h3-4,6-7,12,14H,5,8-11,13H2,1-2H3,(H,22,23). The second-order valence-corrected chi connectivity index (χ2v) is 7.69. The minimum absolute atomic E-state index is 0.0375. The molecule has 2 amide bonds. The first-order valence-electron chi connectivity index (χ1n) is 9.98. The number of fused-ring (bicyclic) bond motifs is 1. The molecule has 29 heavy (non-hydrogen) atoms. The van der Waals surface area contributed by atoms with Crippen molar-refractivity contribution in [2.75, 3.05) is 26.2 Å². The maximum absolute atomic E-state index is 12.8. The minimum atomic E-state index is -0.168. The van der Waals surface area contributed by atoms with Gasteiger partial charge in [-0.3, -0.25) is 14.7 Å². The quantitative estimate of drug-likeness (QED) is 0.733. The Morgan fingerprint density at radius 3 is 2.69 bits per heavy atom. The molecule has 0 aliphatic carbocycles. The van der Waals surface area contributed by atoms with E-state index in [1.165, 1.54) is 0 Å². The summed E-state index contributed by atoms with van der Waals surface area (Å²) in [6, 6.07) is 9.46. The number of amides is 2. The molecule has 8 nitrogen and oxygen atoms in total. The first-order chi connectivity index (χ1) is 14.0. The van der Waals surface area contributed by atoms with E-state index in [0.717, 1.165) is 28.7 Å². The topological polar surface area (TPSA) is 95.3 Å². The zero-order valence-corrected chi connectivity index (χ0v) is 16.7. The average Bonchev–Trinajstić information content (AvgIpc) is 3.29.